The van der Waals surface area contributed by atoms with Gasteiger partial charge in [-0.25, -0.2) is 9.78 Å². The number of esters is 1. The fraction of sp³-hybridized carbons (Fsp3) is 0.350. The molecular formula is C20H20ClN5O5. The summed E-state index contributed by atoms with van der Waals surface area (Å²) in [5, 5.41) is 4.17. The molecule has 1 aliphatic heterocycles. The fourth-order valence-electron chi connectivity index (χ4n) is 3.44. The third-order valence-electron chi connectivity index (χ3n) is 5.06. The summed E-state index contributed by atoms with van der Waals surface area (Å²) in [6.45, 7) is 3.94. The Morgan fingerprint density at radius 1 is 1.16 bits per heavy atom. The number of anilines is 1. The average Bonchev–Trinajstić information content (AvgIpc) is 3.22. The highest BCUT2D eigenvalue weighted by Crippen LogP contribution is 2.19. The molecule has 1 aliphatic rings. The number of benzene rings is 1. The summed E-state index contributed by atoms with van der Waals surface area (Å²) in [5.74, 6) is -0.990. The van der Waals surface area contributed by atoms with Crippen molar-refractivity contribution in [3.63, 3.8) is 0 Å². The van der Waals surface area contributed by atoms with Crippen molar-refractivity contribution < 1.29 is 18.8 Å². The SMILES string of the molecule is CCOC(=O)c1noc2ncn(CC(=O)N3CCN(c4ccc(Cl)cc4)CC3)c(=O)c12. The zero-order valence-electron chi connectivity index (χ0n) is 16.8. The number of carbonyl (C=O) groups is 2. The van der Waals surface area contributed by atoms with E-state index in [1.807, 2.05) is 24.3 Å². The van der Waals surface area contributed by atoms with Crippen LogP contribution >= 0.6 is 11.6 Å². The Balaban J connectivity index is 1.46. The van der Waals surface area contributed by atoms with Crippen molar-refractivity contribution in [2.24, 2.45) is 0 Å². The highest BCUT2D eigenvalue weighted by atomic mass is 35.5. The Labute approximate surface area is 181 Å². The van der Waals surface area contributed by atoms with E-state index < -0.39 is 11.5 Å². The lowest BCUT2D eigenvalue weighted by Gasteiger charge is -2.36. The van der Waals surface area contributed by atoms with Crippen molar-refractivity contribution in [2.75, 3.05) is 37.7 Å². The third-order valence-corrected chi connectivity index (χ3v) is 5.31. The van der Waals surface area contributed by atoms with E-state index in [0.717, 1.165) is 10.3 Å². The summed E-state index contributed by atoms with van der Waals surface area (Å²) >= 11 is 5.94. The van der Waals surface area contributed by atoms with Crippen molar-refractivity contribution in [1.29, 1.82) is 0 Å². The molecule has 0 radical (unpaired) electrons. The van der Waals surface area contributed by atoms with Crippen LogP contribution in [-0.4, -0.2) is 64.3 Å². The quantitative estimate of drug-likeness (QED) is 0.544. The van der Waals surface area contributed by atoms with E-state index in [1.165, 1.54) is 6.33 Å². The summed E-state index contributed by atoms with van der Waals surface area (Å²) in [6, 6.07) is 7.55. The van der Waals surface area contributed by atoms with Crippen LogP contribution in [0.4, 0.5) is 5.69 Å². The molecule has 3 heterocycles. The van der Waals surface area contributed by atoms with Crippen LogP contribution < -0.4 is 10.5 Å². The fourth-order valence-corrected chi connectivity index (χ4v) is 3.57. The lowest BCUT2D eigenvalue weighted by molar-refractivity contribution is -0.132. The molecule has 2 aromatic heterocycles. The molecule has 0 bridgehead atoms. The number of carbonyl (C=O) groups excluding carboxylic acids is 2. The van der Waals surface area contributed by atoms with Crippen LogP contribution in [0.5, 0.6) is 0 Å². The van der Waals surface area contributed by atoms with Gasteiger partial charge < -0.3 is 19.1 Å². The molecule has 10 nitrogen and oxygen atoms in total. The Morgan fingerprint density at radius 3 is 2.55 bits per heavy atom. The lowest BCUT2D eigenvalue weighted by atomic mass is 10.2. The van der Waals surface area contributed by atoms with Gasteiger partial charge in [0.25, 0.3) is 11.3 Å². The molecule has 0 unspecified atom stereocenters. The number of piperazine rings is 1. The van der Waals surface area contributed by atoms with E-state index >= 15 is 0 Å². The molecule has 1 saturated heterocycles. The van der Waals surface area contributed by atoms with Crippen LogP contribution in [-0.2, 0) is 16.1 Å². The lowest BCUT2D eigenvalue weighted by Crippen LogP contribution is -2.50. The van der Waals surface area contributed by atoms with Crippen LogP contribution in [0.1, 0.15) is 17.4 Å². The highest BCUT2D eigenvalue weighted by Gasteiger charge is 2.25. The van der Waals surface area contributed by atoms with Gasteiger partial charge in [-0.15, -0.1) is 0 Å². The zero-order valence-corrected chi connectivity index (χ0v) is 17.5. The first-order valence-corrected chi connectivity index (χ1v) is 10.2. The highest BCUT2D eigenvalue weighted by molar-refractivity contribution is 6.30. The molecule has 31 heavy (non-hydrogen) atoms. The van der Waals surface area contributed by atoms with Crippen molar-refractivity contribution in [2.45, 2.75) is 13.5 Å². The average molecular weight is 446 g/mol. The molecule has 1 amide bonds. The minimum atomic E-state index is -0.775. The predicted octanol–water partition coefficient (Wildman–Crippen LogP) is 1.56. The monoisotopic (exact) mass is 445 g/mol. The van der Waals surface area contributed by atoms with Gasteiger partial charge >= 0.3 is 5.97 Å². The number of nitrogens with zero attached hydrogens (tertiary/aromatic N) is 5. The second kappa shape index (κ2) is 8.76. The van der Waals surface area contributed by atoms with Crippen LogP contribution in [0.15, 0.2) is 39.9 Å². The van der Waals surface area contributed by atoms with Gasteiger partial charge in [-0.2, -0.15) is 0 Å². The molecule has 0 atom stereocenters. The molecule has 0 N–H and O–H groups in total. The first-order valence-electron chi connectivity index (χ1n) is 9.78. The van der Waals surface area contributed by atoms with Crippen LogP contribution in [0.3, 0.4) is 0 Å². The van der Waals surface area contributed by atoms with Crippen molar-refractivity contribution in [1.82, 2.24) is 19.6 Å². The molecule has 4 rings (SSSR count). The van der Waals surface area contributed by atoms with Gasteiger partial charge in [0.15, 0.2) is 0 Å². The molecule has 0 aliphatic carbocycles. The van der Waals surface area contributed by atoms with Crippen molar-refractivity contribution in [3.8, 4) is 0 Å². The van der Waals surface area contributed by atoms with Gasteiger partial charge in [0.1, 0.15) is 18.3 Å². The van der Waals surface area contributed by atoms with Crippen molar-refractivity contribution >= 4 is 40.3 Å². The number of hydrogen-bond donors (Lipinski definition) is 0. The topological polar surface area (TPSA) is 111 Å². The van der Waals surface area contributed by atoms with E-state index in [4.69, 9.17) is 20.9 Å². The molecule has 1 fully saturated rings. The first kappa shape index (κ1) is 20.9. The minimum absolute atomic E-state index is 0.0756. The second-order valence-corrected chi connectivity index (χ2v) is 7.39. The Hall–Kier alpha value is -3.40. The van der Waals surface area contributed by atoms with Gasteiger partial charge in [0, 0.05) is 36.9 Å². The van der Waals surface area contributed by atoms with Crippen molar-refractivity contribution in [3.05, 3.63) is 51.7 Å². The van der Waals surface area contributed by atoms with Crippen LogP contribution in [0.2, 0.25) is 5.02 Å². The molecule has 1 aromatic carbocycles. The van der Waals surface area contributed by atoms with Crippen LogP contribution in [0, 0.1) is 0 Å². The Bertz CT molecular complexity index is 1160. The number of halogens is 1. The number of hydrogen-bond acceptors (Lipinski definition) is 8. The standard InChI is InChI=1S/C20H20ClN5O5/c1-2-30-20(29)17-16-18(31-23-17)22-12-26(19(16)28)11-15(27)25-9-7-24(8-10-25)14-5-3-13(21)4-6-14/h3-6,12H,2,7-11H2,1H3. The van der Waals surface area contributed by atoms with E-state index in [1.54, 1.807) is 11.8 Å². The molecule has 162 valence electrons. The maximum atomic E-state index is 12.8. The summed E-state index contributed by atoms with van der Waals surface area (Å²) in [6.07, 6.45) is 1.21. The van der Waals surface area contributed by atoms with E-state index in [9.17, 15) is 14.4 Å². The molecule has 0 spiro atoms. The number of rotatable bonds is 5. The van der Waals surface area contributed by atoms with Gasteiger partial charge in [-0.1, -0.05) is 16.8 Å². The summed E-state index contributed by atoms with van der Waals surface area (Å²) in [4.78, 5) is 45.5. The van der Waals surface area contributed by atoms with Gasteiger partial charge in [-0.05, 0) is 31.2 Å². The number of amides is 1. The van der Waals surface area contributed by atoms with E-state index in [-0.39, 0.29) is 35.9 Å². The summed E-state index contributed by atoms with van der Waals surface area (Å²) < 4.78 is 11.0. The number of fused-ring (bicyclic) bond motifs is 1. The van der Waals surface area contributed by atoms with E-state index in [2.05, 4.69) is 15.0 Å². The van der Waals surface area contributed by atoms with Gasteiger partial charge in [-0.3, -0.25) is 14.2 Å². The van der Waals surface area contributed by atoms with Gasteiger partial charge in [0.05, 0.1) is 6.61 Å². The second-order valence-electron chi connectivity index (χ2n) is 6.95. The Kier molecular flexibility index (Phi) is 5.90. The third kappa shape index (κ3) is 4.24. The normalized spacial score (nSPS) is 14.1. The first-order chi connectivity index (χ1) is 15.0. The Morgan fingerprint density at radius 2 is 1.87 bits per heavy atom. The smallest absolute Gasteiger partial charge is 0.361 e. The maximum absolute atomic E-state index is 12.8. The molecule has 3 aromatic rings. The number of aromatic nitrogens is 3. The van der Waals surface area contributed by atoms with Gasteiger partial charge in [0.2, 0.25) is 11.6 Å². The largest absolute Gasteiger partial charge is 0.461 e. The zero-order chi connectivity index (χ0) is 22.0. The molecule has 11 heteroatoms. The predicted molar refractivity (Wildman–Crippen MR) is 112 cm³/mol. The van der Waals surface area contributed by atoms with E-state index in [0.29, 0.717) is 31.2 Å². The maximum Gasteiger partial charge on any atom is 0.361 e. The number of ether oxygens (including phenoxy) is 1. The minimum Gasteiger partial charge on any atom is -0.461 e. The molecular weight excluding hydrogens is 426 g/mol. The summed E-state index contributed by atoms with van der Waals surface area (Å²) in [5.41, 5.74) is 0.143. The summed E-state index contributed by atoms with van der Waals surface area (Å²) in [7, 11) is 0. The van der Waals surface area contributed by atoms with Crippen LogP contribution in [0.25, 0.3) is 11.1 Å². The molecule has 0 saturated carbocycles.